The van der Waals surface area contributed by atoms with Crippen molar-refractivity contribution in [1.82, 2.24) is 6.15 Å². The minimum atomic E-state index is -2.73. The molecule has 4 N–H and O–H groups in total. The second-order valence-corrected chi connectivity index (χ2v) is 6.24. The molecule has 0 fully saturated rings. The zero-order valence-electron chi connectivity index (χ0n) is 4.86. The van der Waals surface area contributed by atoms with Crippen molar-refractivity contribution in [2.24, 2.45) is 0 Å². The van der Waals surface area contributed by atoms with Crippen LogP contribution in [0.1, 0.15) is 0 Å². The van der Waals surface area contributed by atoms with Crippen LogP contribution in [0.4, 0.5) is 0 Å². The lowest BCUT2D eigenvalue weighted by Crippen LogP contribution is -1.81. The summed E-state index contributed by atoms with van der Waals surface area (Å²) in [6.07, 6.45) is 1.51. The molecule has 0 radical (unpaired) electrons. The van der Waals surface area contributed by atoms with Gasteiger partial charge in [-0.3, -0.25) is 0 Å². The Labute approximate surface area is 65.0 Å². The molecule has 6 heteroatoms. The number of hydrogen-bond donors (Lipinski definition) is 3. The molecule has 1 atom stereocenters. The first-order valence-corrected chi connectivity index (χ1v) is 5.70. The molecule has 0 saturated heterocycles. The van der Waals surface area contributed by atoms with E-state index in [1.165, 1.54) is 6.08 Å². The molecule has 0 spiro atoms. The molecule has 0 amide bonds. The monoisotopic (exact) mass is 187 g/mol. The lowest BCUT2D eigenvalue weighted by molar-refractivity contribution is 0.361. The van der Waals surface area contributed by atoms with E-state index in [4.69, 9.17) is 4.89 Å². The first-order valence-electron chi connectivity index (χ1n) is 1.87. The van der Waals surface area contributed by atoms with E-state index in [2.05, 4.69) is 35.2 Å². The van der Waals surface area contributed by atoms with E-state index in [1.807, 2.05) is 0 Å². The lowest BCUT2D eigenvalue weighted by atomic mass is 10.7. The molecule has 0 aromatic rings. The van der Waals surface area contributed by atoms with Gasteiger partial charge < -0.3 is 15.6 Å². The summed E-state index contributed by atoms with van der Waals surface area (Å²) >= 11 is 8.01. The van der Waals surface area contributed by atoms with Crippen LogP contribution in [0.2, 0.25) is 0 Å². The van der Waals surface area contributed by atoms with Crippen LogP contribution in [0.25, 0.3) is 0 Å². The van der Waals surface area contributed by atoms with Crippen LogP contribution in [0.5, 0.6) is 0 Å². The molecule has 0 heterocycles. The summed E-state index contributed by atoms with van der Waals surface area (Å²) in [5.74, 6) is 0. The van der Waals surface area contributed by atoms with Crippen LogP contribution < -0.4 is 6.15 Å². The predicted molar refractivity (Wildman–Crippen MR) is 46.7 cm³/mol. The van der Waals surface area contributed by atoms with Crippen molar-refractivity contribution in [3.8, 4) is 0 Å². The second-order valence-electron chi connectivity index (χ2n) is 1.08. The van der Waals surface area contributed by atoms with Gasteiger partial charge in [0.15, 0.2) is 0 Å². The van der Waals surface area contributed by atoms with Crippen molar-refractivity contribution in [1.29, 1.82) is 0 Å². The van der Waals surface area contributed by atoms with Crippen molar-refractivity contribution in [3.05, 3.63) is 12.7 Å². The van der Waals surface area contributed by atoms with E-state index in [9.17, 15) is 0 Å². The summed E-state index contributed by atoms with van der Waals surface area (Å²) in [7, 11) is 0. The highest BCUT2D eigenvalue weighted by Crippen LogP contribution is 2.46. The maximum Gasteiger partial charge on any atom is 0.241 e. The van der Waals surface area contributed by atoms with Crippen LogP contribution in [-0.4, -0.2) is 11.5 Å². The van der Waals surface area contributed by atoms with E-state index in [-0.39, 0.29) is 12.8 Å². The smallest absolute Gasteiger partial charge is 0.241 e. The fourth-order valence-corrected chi connectivity index (χ4v) is 0.832. The normalized spacial score (nSPS) is 15.3. The first kappa shape index (κ1) is 12.3. The van der Waals surface area contributed by atoms with E-state index in [0.717, 1.165) is 0 Å². The summed E-state index contributed by atoms with van der Waals surface area (Å²) in [5.41, 5.74) is -2.73. The van der Waals surface area contributed by atoms with Crippen molar-refractivity contribution < 1.29 is 9.42 Å². The molecule has 0 rings (SSSR count). The Balaban J connectivity index is 0. The maximum atomic E-state index is 8.67. The SMILES string of the molecule is C=CCOP(O)(=S)S.N. The first-order chi connectivity index (χ1) is 3.56. The number of hydrogen-bond acceptors (Lipinski definition) is 3. The minimum Gasteiger partial charge on any atom is -0.344 e. The predicted octanol–water partition coefficient (Wildman–Crippen LogP) is 1.50. The van der Waals surface area contributed by atoms with Crippen LogP contribution in [-0.2, 0) is 16.3 Å². The summed E-state index contributed by atoms with van der Waals surface area (Å²) in [4.78, 5) is 8.67. The Morgan fingerprint density at radius 3 is 2.44 bits per heavy atom. The average Bonchev–Trinajstić information content (AvgIpc) is 1.59. The van der Waals surface area contributed by atoms with Crippen LogP contribution in [0.15, 0.2) is 12.7 Å². The van der Waals surface area contributed by atoms with Crippen molar-refractivity contribution >= 4 is 29.7 Å². The second kappa shape index (κ2) is 5.41. The van der Waals surface area contributed by atoms with Gasteiger partial charge in [-0.1, -0.05) is 18.3 Å². The van der Waals surface area contributed by atoms with E-state index >= 15 is 0 Å². The Hall–Kier alpha value is 0.620. The third kappa shape index (κ3) is 12.0. The van der Waals surface area contributed by atoms with E-state index in [1.54, 1.807) is 0 Å². The van der Waals surface area contributed by atoms with Gasteiger partial charge in [0.25, 0.3) is 0 Å². The molecule has 1 unspecified atom stereocenters. The Morgan fingerprint density at radius 2 is 2.33 bits per heavy atom. The molecule has 0 aliphatic carbocycles. The lowest BCUT2D eigenvalue weighted by Gasteiger charge is -2.04. The zero-order valence-corrected chi connectivity index (χ0v) is 7.46. The quantitative estimate of drug-likeness (QED) is 0.356. The number of rotatable bonds is 3. The molecular weight excluding hydrogens is 177 g/mol. The standard InChI is InChI=1S/C3H7O2PS2.H3N/c1-2-3-5-6(4,7)8;/h2H,1,3H2,(H2,4,7,8);1H3. The highest BCUT2D eigenvalue weighted by atomic mass is 32.9. The highest BCUT2D eigenvalue weighted by molar-refractivity contribution is 8.59. The molecule has 3 nitrogen and oxygen atoms in total. The Bertz CT molecular complexity index is 123. The van der Waals surface area contributed by atoms with Gasteiger partial charge in [0.1, 0.15) is 0 Å². The molecule has 0 aliphatic heterocycles. The van der Waals surface area contributed by atoms with E-state index in [0.29, 0.717) is 0 Å². The summed E-state index contributed by atoms with van der Waals surface area (Å²) in [5, 5.41) is 0. The highest BCUT2D eigenvalue weighted by Gasteiger charge is 2.01. The largest absolute Gasteiger partial charge is 0.344 e. The van der Waals surface area contributed by atoms with Crippen LogP contribution >= 0.6 is 17.9 Å². The molecule has 9 heavy (non-hydrogen) atoms. The van der Waals surface area contributed by atoms with Gasteiger partial charge in [-0.15, -0.1) is 6.58 Å². The maximum absolute atomic E-state index is 8.67. The molecular formula is C3H10NO2PS2. The minimum absolute atomic E-state index is 0. The van der Waals surface area contributed by atoms with Crippen LogP contribution in [0.3, 0.4) is 0 Å². The molecule has 0 aromatic carbocycles. The zero-order chi connectivity index (χ0) is 6.62. The third-order valence-corrected chi connectivity index (χ3v) is 1.51. The topological polar surface area (TPSA) is 64.5 Å². The summed E-state index contributed by atoms with van der Waals surface area (Å²) < 4.78 is 4.61. The van der Waals surface area contributed by atoms with E-state index < -0.39 is 5.69 Å². The Kier molecular flexibility index (Phi) is 7.40. The van der Waals surface area contributed by atoms with Crippen molar-refractivity contribution in [3.63, 3.8) is 0 Å². The average molecular weight is 187 g/mol. The summed E-state index contributed by atoms with van der Waals surface area (Å²) in [6.45, 7) is 3.63. The molecule has 56 valence electrons. The molecule has 0 bridgehead atoms. The Morgan fingerprint density at radius 1 is 1.89 bits per heavy atom. The van der Waals surface area contributed by atoms with Gasteiger partial charge in [-0.2, -0.15) is 0 Å². The van der Waals surface area contributed by atoms with Gasteiger partial charge in [-0.25, -0.2) is 0 Å². The van der Waals surface area contributed by atoms with Gasteiger partial charge in [0.05, 0.1) is 6.61 Å². The number of thiol groups is 1. The molecule has 0 saturated carbocycles. The van der Waals surface area contributed by atoms with Gasteiger partial charge in [-0.05, 0) is 11.8 Å². The van der Waals surface area contributed by atoms with Crippen molar-refractivity contribution in [2.45, 2.75) is 0 Å². The fraction of sp³-hybridized carbons (Fsp3) is 0.333. The molecule has 0 aromatic heterocycles. The van der Waals surface area contributed by atoms with Crippen molar-refractivity contribution in [2.75, 3.05) is 6.61 Å². The van der Waals surface area contributed by atoms with Gasteiger partial charge in [0.2, 0.25) is 5.69 Å². The van der Waals surface area contributed by atoms with Gasteiger partial charge in [0, 0.05) is 0 Å². The fourth-order valence-electron chi connectivity index (χ4n) is 0.150. The van der Waals surface area contributed by atoms with Gasteiger partial charge >= 0.3 is 0 Å². The third-order valence-electron chi connectivity index (χ3n) is 0.361. The molecule has 0 aliphatic rings. The summed E-state index contributed by atoms with van der Waals surface area (Å²) in [6, 6.07) is 0. The van der Waals surface area contributed by atoms with Crippen LogP contribution in [0, 0.1) is 0 Å².